The zero-order valence-corrected chi connectivity index (χ0v) is 11.6. The summed E-state index contributed by atoms with van der Waals surface area (Å²) in [5.41, 5.74) is 1.46. The molecule has 0 saturated carbocycles. The Morgan fingerprint density at radius 3 is 2.86 bits per heavy atom. The molecule has 1 aromatic carbocycles. The predicted molar refractivity (Wildman–Crippen MR) is 79.3 cm³/mol. The second-order valence-electron chi connectivity index (χ2n) is 4.68. The van der Waals surface area contributed by atoms with Crippen LogP contribution in [0.25, 0.3) is 5.76 Å². The van der Waals surface area contributed by atoms with Crippen LogP contribution >= 0.6 is 0 Å². The van der Waals surface area contributed by atoms with Gasteiger partial charge < -0.3 is 9.52 Å². The molecule has 0 aliphatic rings. The van der Waals surface area contributed by atoms with E-state index in [4.69, 9.17) is 4.42 Å². The first-order valence-corrected chi connectivity index (χ1v) is 6.65. The Kier molecular flexibility index (Phi) is 3.82. The summed E-state index contributed by atoms with van der Waals surface area (Å²) in [5.74, 6) is 0.0871. The smallest absolute Gasteiger partial charge is 0.215 e. The molecule has 0 aliphatic heterocycles. The summed E-state index contributed by atoms with van der Waals surface area (Å²) < 4.78 is 5.39. The van der Waals surface area contributed by atoms with E-state index < -0.39 is 0 Å². The van der Waals surface area contributed by atoms with Gasteiger partial charge in [-0.25, -0.2) is 4.98 Å². The maximum atomic E-state index is 12.1. The molecule has 0 spiro atoms. The second kappa shape index (κ2) is 6.09. The normalized spacial score (nSPS) is 11.5. The number of nitrogens with zero attached hydrogens (tertiary/aromatic N) is 2. The summed E-state index contributed by atoms with van der Waals surface area (Å²) in [6, 6.07) is 11.5. The molecular formula is C16H13N3O3. The quantitative estimate of drug-likeness (QED) is 0.429. The van der Waals surface area contributed by atoms with Crippen molar-refractivity contribution in [2.45, 2.75) is 6.42 Å². The second-order valence-corrected chi connectivity index (χ2v) is 4.68. The summed E-state index contributed by atoms with van der Waals surface area (Å²) in [5, 5.41) is 15.9. The molecule has 3 aromatic rings. The Hall–Kier alpha value is -3.15. The molecule has 6 heteroatoms. The number of hydrogen-bond donors (Lipinski definition) is 2. The van der Waals surface area contributed by atoms with Gasteiger partial charge in [0.25, 0.3) is 0 Å². The number of ketones is 1. The van der Waals surface area contributed by atoms with Crippen LogP contribution in [0.3, 0.4) is 0 Å². The van der Waals surface area contributed by atoms with Gasteiger partial charge >= 0.3 is 0 Å². The number of carbonyl (C=O) groups excluding carboxylic acids is 1. The van der Waals surface area contributed by atoms with Crippen molar-refractivity contribution >= 4 is 11.5 Å². The Morgan fingerprint density at radius 1 is 1.32 bits per heavy atom. The highest BCUT2D eigenvalue weighted by Crippen LogP contribution is 2.15. The van der Waals surface area contributed by atoms with Crippen molar-refractivity contribution in [1.82, 2.24) is 15.2 Å². The lowest BCUT2D eigenvalue weighted by atomic mass is 10.1. The molecule has 0 amide bonds. The number of aliphatic hydroxyl groups excluding tert-OH is 1. The van der Waals surface area contributed by atoms with E-state index in [0.29, 0.717) is 17.7 Å². The van der Waals surface area contributed by atoms with E-state index in [1.165, 1.54) is 12.6 Å². The number of aromatic nitrogens is 3. The van der Waals surface area contributed by atoms with Gasteiger partial charge in [0.1, 0.15) is 18.4 Å². The van der Waals surface area contributed by atoms with E-state index >= 15 is 0 Å². The van der Waals surface area contributed by atoms with E-state index in [0.717, 1.165) is 11.6 Å². The number of furan rings is 1. The third-order valence-corrected chi connectivity index (χ3v) is 3.07. The maximum absolute atomic E-state index is 12.1. The standard InChI is InChI=1S/C16H13N3O3/c20-14(8-15(21)16-17-10-18-19-16)12-7-13(22-9-12)6-11-4-2-1-3-5-11/h1-5,7-10,21H,6H2,(H,17,18,19). The average Bonchev–Trinajstić information content (AvgIpc) is 3.19. The third kappa shape index (κ3) is 3.12. The topological polar surface area (TPSA) is 92.0 Å². The van der Waals surface area contributed by atoms with Crippen LogP contribution in [0.1, 0.15) is 27.5 Å². The van der Waals surface area contributed by atoms with Crippen molar-refractivity contribution in [3.63, 3.8) is 0 Å². The van der Waals surface area contributed by atoms with Gasteiger partial charge in [0.05, 0.1) is 5.56 Å². The zero-order chi connectivity index (χ0) is 15.4. The minimum Gasteiger partial charge on any atom is -0.504 e. The van der Waals surface area contributed by atoms with Gasteiger partial charge in [-0.3, -0.25) is 9.89 Å². The number of allylic oxidation sites excluding steroid dienone is 1. The highest BCUT2D eigenvalue weighted by Gasteiger charge is 2.12. The Balaban J connectivity index is 1.73. The number of nitrogens with one attached hydrogen (secondary N) is 1. The van der Waals surface area contributed by atoms with Gasteiger partial charge in [0, 0.05) is 12.5 Å². The Labute approximate surface area is 126 Å². The van der Waals surface area contributed by atoms with Crippen molar-refractivity contribution in [3.8, 4) is 0 Å². The minimum atomic E-state index is -0.370. The number of aromatic amines is 1. The molecule has 0 saturated heterocycles. The van der Waals surface area contributed by atoms with Gasteiger partial charge in [-0.05, 0) is 11.6 Å². The van der Waals surface area contributed by atoms with Crippen LogP contribution in [-0.2, 0) is 6.42 Å². The first-order chi connectivity index (χ1) is 10.7. The third-order valence-electron chi connectivity index (χ3n) is 3.07. The number of hydrogen-bond acceptors (Lipinski definition) is 5. The largest absolute Gasteiger partial charge is 0.504 e. The molecule has 0 fully saturated rings. The summed E-state index contributed by atoms with van der Waals surface area (Å²) >= 11 is 0. The zero-order valence-electron chi connectivity index (χ0n) is 11.6. The number of benzene rings is 1. The highest BCUT2D eigenvalue weighted by molar-refractivity contribution is 6.07. The van der Waals surface area contributed by atoms with E-state index in [2.05, 4.69) is 15.2 Å². The van der Waals surface area contributed by atoms with Crippen molar-refractivity contribution in [2.75, 3.05) is 0 Å². The summed E-state index contributed by atoms with van der Waals surface area (Å²) in [6.07, 6.45) is 4.37. The molecule has 0 radical (unpaired) electrons. The van der Waals surface area contributed by atoms with Crippen LogP contribution in [0, 0.1) is 0 Å². The minimum absolute atomic E-state index is 0.0707. The molecule has 0 aliphatic carbocycles. The lowest BCUT2D eigenvalue weighted by molar-refractivity contribution is 0.104. The molecule has 110 valence electrons. The molecular weight excluding hydrogens is 282 g/mol. The first-order valence-electron chi connectivity index (χ1n) is 6.65. The Morgan fingerprint density at radius 2 is 2.14 bits per heavy atom. The van der Waals surface area contributed by atoms with Crippen molar-refractivity contribution in [1.29, 1.82) is 0 Å². The van der Waals surface area contributed by atoms with Gasteiger partial charge in [-0.15, -0.1) is 0 Å². The molecule has 22 heavy (non-hydrogen) atoms. The van der Waals surface area contributed by atoms with Crippen molar-refractivity contribution < 1.29 is 14.3 Å². The van der Waals surface area contributed by atoms with E-state index in [1.54, 1.807) is 6.07 Å². The van der Waals surface area contributed by atoms with Crippen LogP contribution in [0.5, 0.6) is 0 Å². The summed E-state index contributed by atoms with van der Waals surface area (Å²) in [6.45, 7) is 0. The fourth-order valence-electron chi connectivity index (χ4n) is 2.00. The van der Waals surface area contributed by atoms with E-state index in [-0.39, 0.29) is 17.4 Å². The van der Waals surface area contributed by atoms with Crippen LogP contribution in [0.2, 0.25) is 0 Å². The number of aliphatic hydroxyl groups is 1. The number of rotatable bonds is 5. The lowest BCUT2D eigenvalue weighted by Gasteiger charge is -1.96. The van der Waals surface area contributed by atoms with Gasteiger partial charge in [0.15, 0.2) is 11.5 Å². The van der Waals surface area contributed by atoms with Crippen LogP contribution in [0.4, 0.5) is 0 Å². The molecule has 2 N–H and O–H groups in total. The monoisotopic (exact) mass is 295 g/mol. The molecule has 6 nitrogen and oxygen atoms in total. The first kappa shape index (κ1) is 13.8. The highest BCUT2D eigenvalue weighted by atomic mass is 16.3. The van der Waals surface area contributed by atoms with Gasteiger partial charge in [-0.2, -0.15) is 5.10 Å². The fraction of sp³-hybridized carbons (Fsp3) is 0.0625. The number of carbonyl (C=O) groups is 1. The molecule has 2 aromatic heterocycles. The lowest BCUT2D eigenvalue weighted by Crippen LogP contribution is -1.96. The predicted octanol–water partition coefficient (Wildman–Crippen LogP) is 2.77. The summed E-state index contributed by atoms with van der Waals surface area (Å²) in [4.78, 5) is 15.8. The molecule has 0 bridgehead atoms. The maximum Gasteiger partial charge on any atom is 0.215 e. The summed E-state index contributed by atoms with van der Waals surface area (Å²) in [7, 11) is 0. The van der Waals surface area contributed by atoms with Crippen LogP contribution in [-0.4, -0.2) is 26.1 Å². The molecule has 0 atom stereocenters. The molecule has 3 rings (SSSR count). The Bertz CT molecular complexity index is 789. The van der Waals surface area contributed by atoms with Crippen molar-refractivity contribution in [2.24, 2.45) is 0 Å². The number of H-pyrrole nitrogens is 1. The van der Waals surface area contributed by atoms with Gasteiger partial charge in [0.2, 0.25) is 5.82 Å². The van der Waals surface area contributed by atoms with Crippen LogP contribution < -0.4 is 0 Å². The van der Waals surface area contributed by atoms with Crippen molar-refractivity contribution in [3.05, 3.63) is 77.8 Å². The van der Waals surface area contributed by atoms with Gasteiger partial charge in [-0.1, -0.05) is 30.3 Å². The average molecular weight is 295 g/mol. The van der Waals surface area contributed by atoms with Crippen LogP contribution in [0.15, 0.2) is 59.5 Å². The van der Waals surface area contributed by atoms with E-state index in [1.807, 2.05) is 30.3 Å². The molecule has 0 unspecified atom stereocenters. The fourth-order valence-corrected chi connectivity index (χ4v) is 2.00. The SMILES string of the molecule is O=C(C=C(O)c1nc[nH]n1)c1coc(Cc2ccccc2)c1. The molecule has 2 heterocycles. The van der Waals surface area contributed by atoms with E-state index in [9.17, 15) is 9.90 Å².